The molecular weight excluding hydrogens is 290 g/mol. The smallest absolute Gasteiger partial charge is 0.251 e. The fourth-order valence-electron chi connectivity index (χ4n) is 2.31. The molecule has 0 spiro atoms. The van der Waals surface area contributed by atoms with Crippen LogP contribution in [0.25, 0.3) is 11.4 Å². The number of ether oxygens (including phenoxy) is 1. The number of nitrogens with zero attached hydrogens (tertiary/aromatic N) is 2. The number of morpholine rings is 1. The first kappa shape index (κ1) is 15.7. The summed E-state index contributed by atoms with van der Waals surface area (Å²) in [5, 5.41) is 0. The first-order valence-electron chi connectivity index (χ1n) is 6.77. The summed E-state index contributed by atoms with van der Waals surface area (Å²) >= 11 is 0. The van der Waals surface area contributed by atoms with Crippen LogP contribution < -0.4 is 5.56 Å². The molecule has 112 valence electrons. The highest BCUT2D eigenvalue weighted by Gasteiger charge is 2.12. The van der Waals surface area contributed by atoms with E-state index in [9.17, 15) is 4.79 Å². The second kappa shape index (κ2) is 7.36. The van der Waals surface area contributed by atoms with E-state index in [1.54, 1.807) is 6.07 Å². The molecule has 21 heavy (non-hydrogen) atoms. The van der Waals surface area contributed by atoms with Crippen molar-refractivity contribution in [2.24, 2.45) is 0 Å². The third kappa shape index (κ3) is 4.14. The molecule has 6 heteroatoms. The number of rotatable bonds is 3. The summed E-state index contributed by atoms with van der Waals surface area (Å²) in [5.41, 5.74) is 1.62. The van der Waals surface area contributed by atoms with Crippen LogP contribution in [-0.2, 0) is 11.3 Å². The van der Waals surface area contributed by atoms with Crippen molar-refractivity contribution in [3.05, 3.63) is 52.4 Å². The predicted molar refractivity (Wildman–Crippen MR) is 83.6 cm³/mol. The first-order valence-corrected chi connectivity index (χ1v) is 6.77. The van der Waals surface area contributed by atoms with Crippen LogP contribution in [0.1, 0.15) is 5.69 Å². The Labute approximate surface area is 129 Å². The number of nitrogens with one attached hydrogen (secondary N) is 1. The summed E-state index contributed by atoms with van der Waals surface area (Å²) in [7, 11) is 0. The molecule has 1 fully saturated rings. The zero-order valence-electron chi connectivity index (χ0n) is 11.6. The van der Waals surface area contributed by atoms with Crippen molar-refractivity contribution in [2.75, 3.05) is 26.3 Å². The van der Waals surface area contributed by atoms with Gasteiger partial charge in [0.1, 0.15) is 5.82 Å². The topological polar surface area (TPSA) is 58.2 Å². The fraction of sp³-hybridized carbons (Fsp3) is 0.333. The highest BCUT2D eigenvalue weighted by molar-refractivity contribution is 5.85. The van der Waals surface area contributed by atoms with E-state index in [-0.39, 0.29) is 18.0 Å². The number of halogens is 1. The minimum atomic E-state index is -0.109. The molecule has 0 amide bonds. The lowest BCUT2D eigenvalue weighted by Crippen LogP contribution is -2.36. The predicted octanol–water partition coefficient (Wildman–Crippen LogP) is 1.69. The molecule has 2 aromatic rings. The molecule has 0 atom stereocenters. The summed E-state index contributed by atoms with van der Waals surface area (Å²) in [6, 6.07) is 11.3. The molecule has 3 rings (SSSR count). The summed E-state index contributed by atoms with van der Waals surface area (Å²) in [4.78, 5) is 21.4. The maximum Gasteiger partial charge on any atom is 0.251 e. The normalized spacial score (nSPS) is 15.4. The Hall–Kier alpha value is -1.69. The van der Waals surface area contributed by atoms with Gasteiger partial charge < -0.3 is 9.72 Å². The second-order valence-corrected chi connectivity index (χ2v) is 4.84. The van der Waals surface area contributed by atoms with E-state index in [0.29, 0.717) is 12.4 Å². The van der Waals surface area contributed by atoms with E-state index in [2.05, 4.69) is 14.9 Å². The van der Waals surface area contributed by atoms with Crippen molar-refractivity contribution in [1.82, 2.24) is 14.9 Å². The molecule has 0 radical (unpaired) electrons. The van der Waals surface area contributed by atoms with Gasteiger partial charge in [0.05, 0.1) is 18.9 Å². The maximum absolute atomic E-state index is 11.8. The van der Waals surface area contributed by atoms with Crippen LogP contribution in [0.3, 0.4) is 0 Å². The molecule has 0 bridgehead atoms. The fourth-order valence-corrected chi connectivity index (χ4v) is 2.31. The van der Waals surface area contributed by atoms with Gasteiger partial charge in [-0.3, -0.25) is 9.69 Å². The van der Waals surface area contributed by atoms with E-state index < -0.39 is 0 Å². The molecule has 1 N–H and O–H groups in total. The van der Waals surface area contributed by atoms with Crippen molar-refractivity contribution < 1.29 is 4.74 Å². The van der Waals surface area contributed by atoms with Gasteiger partial charge in [0, 0.05) is 31.3 Å². The molecular formula is C15H18ClN3O2. The molecule has 0 aliphatic carbocycles. The number of hydrogen-bond donors (Lipinski definition) is 1. The summed E-state index contributed by atoms with van der Waals surface area (Å²) in [5.74, 6) is 0.626. The summed E-state index contributed by atoms with van der Waals surface area (Å²) in [6.07, 6.45) is 0. The number of aromatic amines is 1. The van der Waals surface area contributed by atoms with E-state index in [1.807, 2.05) is 30.3 Å². The quantitative estimate of drug-likeness (QED) is 0.937. The van der Waals surface area contributed by atoms with Crippen molar-refractivity contribution in [3.8, 4) is 11.4 Å². The molecule has 1 aromatic carbocycles. The lowest BCUT2D eigenvalue weighted by atomic mass is 10.2. The summed E-state index contributed by atoms with van der Waals surface area (Å²) < 4.78 is 5.32. The molecule has 1 aromatic heterocycles. The van der Waals surface area contributed by atoms with E-state index >= 15 is 0 Å². The van der Waals surface area contributed by atoms with Crippen molar-refractivity contribution in [1.29, 1.82) is 0 Å². The largest absolute Gasteiger partial charge is 0.379 e. The number of H-pyrrole nitrogens is 1. The second-order valence-electron chi connectivity index (χ2n) is 4.84. The zero-order chi connectivity index (χ0) is 13.8. The Bertz CT molecular complexity index is 624. The Morgan fingerprint density at radius 1 is 1.19 bits per heavy atom. The molecule has 2 heterocycles. The molecule has 1 saturated heterocycles. The number of benzene rings is 1. The number of aromatic nitrogens is 2. The van der Waals surface area contributed by atoms with Crippen molar-refractivity contribution in [3.63, 3.8) is 0 Å². The van der Waals surface area contributed by atoms with Crippen LogP contribution in [0.2, 0.25) is 0 Å². The van der Waals surface area contributed by atoms with Crippen LogP contribution in [0.5, 0.6) is 0 Å². The minimum absolute atomic E-state index is 0. The van der Waals surface area contributed by atoms with Gasteiger partial charge in [-0.15, -0.1) is 12.4 Å². The monoisotopic (exact) mass is 307 g/mol. The number of hydrogen-bond acceptors (Lipinski definition) is 4. The Kier molecular flexibility index (Phi) is 5.50. The van der Waals surface area contributed by atoms with Crippen molar-refractivity contribution in [2.45, 2.75) is 6.54 Å². The third-order valence-electron chi connectivity index (χ3n) is 3.33. The van der Waals surface area contributed by atoms with E-state index in [1.165, 1.54) is 0 Å². The van der Waals surface area contributed by atoms with Crippen molar-refractivity contribution >= 4 is 12.4 Å². The lowest BCUT2D eigenvalue weighted by Gasteiger charge is -2.26. The highest BCUT2D eigenvalue weighted by atomic mass is 35.5. The van der Waals surface area contributed by atoms with Gasteiger partial charge in [0.15, 0.2) is 0 Å². The Balaban J connectivity index is 0.00000161. The van der Waals surface area contributed by atoms with Crippen LogP contribution in [0, 0.1) is 0 Å². The van der Waals surface area contributed by atoms with Gasteiger partial charge in [-0.2, -0.15) is 0 Å². The van der Waals surface area contributed by atoms with Gasteiger partial charge in [0.25, 0.3) is 5.56 Å². The van der Waals surface area contributed by atoms with Gasteiger partial charge in [-0.1, -0.05) is 30.3 Å². The van der Waals surface area contributed by atoms with E-state index in [0.717, 1.165) is 37.6 Å². The minimum Gasteiger partial charge on any atom is -0.379 e. The highest BCUT2D eigenvalue weighted by Crippen LogP contribution is 2.13. The zero-order valence-corrected chi connectivity index (χ0v) is 12.4. The molecule has 1 aliphatic rings. The summed E-state index contributed by atoms with van der Waals surface area (Å²) in [6.45, 7) is 3.95. The lowest BCUT2D eigenvalue weighted by molar-refractivity contribution is 0.0336. The van der Waals surface area contributed by atoms with Crippen LogP contribution >= 0.6 is 12.4 Å². The third-order valence-corrected chi connectivity index (χ3v) is 3.33. The first-order chi connectivity index (χ1) is 9.81. The van der Waals surface area contributed by atoms with Crippen LogP contribution in [-0.4, -0.2) is 41.2 Å². The van der Waals surface area contributed by atoms with Crippen LogP contribution in [0.4, 0.5) is 0 Å². The van der Waals surface area contributed by atoms with Gasteiger partial charge in [-0.25, -0.2) is 4.98 Å². The molecule has 1 aliphatic heterocycles. The average molecular weight is 308 g/mol. The Morgan fingerprint density at radius 3 is 2.62 bits per heavy atom. The van der Waals surface area contributed by atoms with Gasteiger partial charge in [-0.05, 0) is 0 Å². The van der Waals surface area contributed by atoms with Gasteiger partial charge in [0.2, 0.25) is 0 Å². The van der Waals surface area contributed by atoms with E-state index in [4.69, 9.17) is 4.74 Å². The maximum atomic E-state index is 11.8. The Morgan fingerprint density at radius 2 is 1.90 bits per heavy atom. The van der Waals surface area contributed by atoms with Crippen LogP contribution in [0.15, 0.2) is 41.2 Å². The molecule has 5 nitrogen and oxygen atoms in total. The average Bonchev–Trinajstić information content (AvgIpc) is 2.49. The van der Waals surface area contributed by atoms with Gasteiger partial charge >= 0.3 is 0 Å². The molecule has 0 unspecified atom stereocenters. The SMILES string of the molecule is Cl.O=c1cc(CN2CCOCC2)nc(-c2ccccc2)[nH]1. The molecule has 0 saturated carbocycles. The standard InChI is InChI=1S/C15H17N3O2.ClH/c19-14-10-13(11-18-6-8-20-9-7-18)16-15(17-14)12-4-2-1-3-5-12;/h1-5,10H,6-9,11H2,(H,16,17,19);1H.